The van der Waals surface area contributed by atoms with Gasteiger partial charge in [-0.2, -0.15) is 0 Å². The van der Waals surface area contributed by atoms with E-state index in [4.69, 9.17) is 16.3 Å². The fraction of sp³-hybridized carbons (Fsp3) is 0.500. The SMILES string of the molecule is CC(NC(=O)[C@H]1NCCO[C@@H]1C)c1ccc(Cl)cc1. The summed E-state index contributed by atoms with van der Waals surface area (Å²) in [6.45, 7) is 5.22. The third-order valence-corrected chi connectivity index (χ3v) is 3.58. The number of hydrogen-bond acceptors (Lipinski definition) is 3. The normalized spacial score (nSPS) is 24.8. The van der Waals surface area contributed by atoms with Crippen LogP contribution in [0.4, 0.5) is 0 Å². The number of benzene rings is 1. The Morgan fingerprint density at radius 3 is 2.79 bits per heavy atom. The predicted molar refractivity (Wildman–Crippen MR) is 75.2 cm³/mol. The number of hydrogen-bond donors (Lipinski definition) is 2. The summed E-state index contributed by atoms with van der Waals surface area (Å²) in [5, 5.41) is 6.86. The van der Waals surface area contributed by atoms with Crippen LogP contribution in [0.2, 0.25) is 5.02 Å². The Labute approximate surface area is 118 Å². The first-order chi connectivity index (χ1) is 9.08. The van der Waals surface area contributed by atoms with Gasteiger partial charge in [-0.15, -0.1) is 0 Å². The molecule has 0 saturated carbocycles. The zero-order valence-corrected chi connectivity index (χ0v) is 11.9. The van der Waals surface area contributed by atoms with Gasteiger partial charge in [0, 0.05) is 11.6 Å². The first kappa shape index (κ1) is 14.3. The number of ether oxygens (including phenoxy) is 1. The molecule has 0 aliphatic carbocycles. The van der Waals surface area contributed by atoms with Crippen molar-refractivity contribution in [1.82, 2.24) is 10.6 Å². The molecule has 1 aromatic carbocycles. The van der Waals surface area contributed by atoms with Crippen LogP contribution in [-0.2, 0) is 9.53 Å². The molecule has 1 saturated heterocycles. The highest BCUT2D eigenvalue weighted by atomic mass is 35.5. The van der Waals surface area contributed by atoms with Gasteiger partial charge in [0.25, 0.3) is 0 Å². The summed E-state index contributed by atoms with van der Waals surface area (Å²) in [6.07, 6.45) is -0.105. The molecular formula is C14H19ClN2O2. The molecule has 3 atom stereocenters. The van der Waals surface area contributed by atoms with Crippen LogP contribution in [0.15, 0.2) is 24.3 Å². The Hall–Kier alpha value is -1.10. The number of carbonyl (C=O) groups is 1. The summed E-state index contributed by atoms with van der Waals surface area (Å²) < 4.78 is 5.47. The highest BCUT2D eigenvalue weighted by molar-refractivity contribution is 6.30. The third-order valence-electron chi connectivity index (χ3n) is 3.33. The second-order valence-electron chi connectivity index (χ2n) is 4.79. The Morgan fingerprint density at radius 1 is 1.47 bits per heavy atom. The summed E-state index contributed by atoms with van der Waals surface area (Å²) in [4.78, 5) is 12.2. The second-order valence-corrected chi connectivity index (χ2v) is 5.23. The van der Waals surface area contributed by atoms with Gasteiger partial charge in [-0.1, -0.05) is 23.7 Å². The molecule has 5 heteroatoms. The Balaban J connectivity index is 1.96. The van der Waals surface area contributed by atoms with Crippen molar-refractivity contribution >= 4 is 17.5 Å². The summed E-state index contributed by atoms with van der Waals surface area (Å²) in [5.41, 5.74) is 1.03. The molecule has 2 rings (SSSR count). The lowest BCUT2D eigenvalue weighted by atomic mass is 10.1. The molecule has 2 N–H and O–H groups in total. The predicted octanol–water partition coefficient (Wildman–Crippen LogP) is 1.89. The van der Waals surface area contributed by atoms with Crippen molar-refractivity contribution in [3.8, 4) is 0 Å². The summed E-state index contributed by atoms with van der Waals surface area (Å²) in [5.74, 6) is -0.0327. The minimum atomic E-state index is -0.288. The van der Waals surface area contributed by atoms with Crippen LogP contribution in [0.1, 0.15) is 25.5 Å². The van der Waals surface area contributed by atoms with Crippen LogP contribution in [0.5, 0.6) is 0 Å². The Morgan fingerprint density at radius 2 is 2.16 bits per heavy atom. The fourth-order valence-corrected chi connectivity index (χ4v) is 2.29. The Bertz CT molecular complexity index is 436. The van der Waals surface area contributed by atoms with Gasteiger partial charge in [0.1, 0.15) is 6.04 Å². The molecular weight excluding hydrogens is 264 g/mol. The van der Waals surface area contributed by atoms with E-state index < -0.39 is 0 Å². The molecule has 1 heterocycles. The minimum Gasteiger partial charge on any atom is -0.375 e. The maximum Gasteiger partial charge on any atom is 0.240 e. The molecule has 104 valence electrons. The topological polar surface area (TPSA) is 50.4 Å². The van der Waals surface area contributed by atoms with E-state index in [2.05, 4.69) is 10.6 Å². The zero-order valence-electron chi connectivity index (χ0n) is 11.2. The van der Waals surface area contributed by atoms with Gasteiger partial charge < -0.3 is 15.4 Å². The average molecular weight is 283 g/mol. The summed E-state index contributed by atoms with van der Waals surface area (Å²) >= 11 is 5.85. The van der Waals surface area contributed by atoms with E-state index in [1.54, 1.807) is 0 Å². The smallest absolute Gasteiger partial charge is 0.240 e. The second kappa shape index (κ2) is 6.37. The summed E-state index contributed by atoms with van der Waals surface area (Å²) in [6, 6.07) is 7.14. The number of amides is 1. The van der Waals surface area contributed by atoms with Gasteiger partial charge in [0.15, 0.2) is 0 Å². The molecule has 4 nitrogen and oxygen atoms in total. The monoisotopic (exact) mass is 282 g/mol. The first-order valence-corrected chi connectivity index (χ1v) is 6.86. The third kappa shape index (κ3) is 3.69. The Kier molecular flexibility index (Phi) is 4.80. The van der Waals surface area contributed by atoms with E-state index in [-0.39, 0.29) is 24.1 Å². The highest BCUT2D eigenvalue weighted by Crippen LogP contribution is 2.16. The van der Waals surface area contributed by atoms with Crippen molar-refractivity contribution in [2.75, 3.05) is 13.2 Å². The van der Waals surface area contributed by atoms with E-state index in [0.717, 1.165) is 5.56 Å². The number of carbonyl (C=O) groups excluding carboxylic acids is 1. The van der Waals surface area contributed by atoms with Crippen LogP contribution in [0, 0.1) is 0 Å². The van der Waals surface area contributed by atoms with Crippen molar-refractivity contribution in [3.63, 3.8) is 0 Å². The van der Waals surface area contributed by atoms with Crippen molar-refractivity contribution < 1.29 is 9.53 Å². The maximum absolute atomic E-state index is 12.2. The number of nitrogens with one attached hydrogen (secondary N) is 2. The zero-order chi connectivity index (χ0) is 13.8. The van der Waals surface area contributed by atoms with Crippen LogP contribution in [0.3, 0.4) is 0 Å². The van der Waals surface area contributed by atoms with Crippen LogP contribution < -0.4 is 10.6 Å². The van der Waals surface area contributed by atoms with Gasteiger partial charge in [-0.25, -0.2) is 0 Å². The van der Waals surface area contributed by atoms with Gasteiger partial charge in [0.05, 0.1) is 18.8 Å². The lowest BCUT2D eigenvalue weighted by Crippen LogP contribution is -2.55. The fourth-order valence-electron chi connectivity index (χ4n) is 2.17. The molecule has 0 radical (unpaired) electrons. The van der Waals surface area contributed by atoms with E-state index in [1.165, 1.54) is 0 Å². The molecule has 0 bridgehead atoms. The van der Waals surface area contributed by atoms with Gasteiger partial charge >= 0.3 is 0 Å². The standard InChI is InChI=1S/C14H19ClN2O2/c1-9(11-3-5-12(15)6-4-11)17-14(18)13-10(2)19-8-7-16-13/h3-6,9-10,13,16H,7-8H2,1-2H3,(H,17,18)/t9?,10-,13+/m1/s1. The first-order valence-electron chi connectivity index (χ1n) is 6.49. The molecule has 1 unspecified atom stereocenters. The van der Waals surface area contributed by atoms with E-state index >= 15 is 0 Å². The van der Waals surface area contributed by atoms with Gasteiger partial charge in [-0.05, 0) is 31.5 Å². The highest BCUT2D eigenvalue weighted by Gasteiger charge is 2.29. The van der Waals surface area contributed by atoms with Crippen LogP contribution in [0.25, 0.3) is 0 Å². The number of morpholine rings is 1. The maximum atomic E-state index is 12.2. The van der Waals surface area contributed by atoms with Gasteiger partial charge in [-0.3, -0.25) is 4.79 Å². The van der Waals surface area contributed by atoms with Crippen LogP contribution >= 0.6 is 11.6 Å². The molecule has 19 heavy (non-hydrogen) atoms. The minimum absolute atomic E-state index is 0.0327. The molecule has 1 amide bonds. The molecule has 1 fully saturated rings. The average Bonchev–Trinajstić information content (AvgIpc) is 2.39. The lowest BCUT2D eigenvalue weighted by molar-refractivity contribution is -0.129. The van der Waals surface area contributed by atoms with Crippen molar-refractivity contribution in [2.45, 2.75) is 32.0 Å². The number of rotatable bonds is 3. The quantitative estimate of drug-likeness (QED) is 0.890. The van der Waals surface area contributed by atoms with E-state index in [9.17, 15) is 4.79 Å². The van der Waals surface area contributed by atoms with E-state index in [1.807, 2.05) is 38.1 Å². The molecule has 0 aromatic heterocycles. The lowest BCUT2D eigenvalue weighted by Gasteiger charge is -2.30. The van der Waals surface area contributed by atoms with Gasteiger partial charge in [0.2, 0.25) is 5.91 Å². The molecule has 0 spiro atoms. The molecule has 1 aliphatic rings. The van der Waals surface area contributed by atoms with Crippen molar-refractivity contribution in [3.05, 3.63) is 34.9 Å². The van der Waals surface area contributed by atoms with Crippen LogP contribution in [-0.4, -0.2) is 31.2 Å². The van der Waals surface area contributed by atoms with Crippen molar-refractivity contribution in [1.29, 1.82) is 0 Å². The van der Waals surface area contributed by atoms with E-state index in [0.29, 0.717) is 18.2 Å². The molecule has 1 aliphatic heterocycles. The van der Waals surface area contributed by atoms with Crippen molar-refractivity contribution in [2.24, 2.45) is 0 Å². The largest absolute Gasteiger partial charge is 0.375 e. The molecule has 1 aromatic rings. The summed E-state index contributed by atoms with van der Waals surface area (Å²) in [7, 11) is 0. The number of halogens is 1.